The van der Waals surface area contributed by atoms with Crippen LogP contribution in [0.3, 0.4) is 0 Å². The number of aromatic nitrogens is 2. The van der Waals surface area contributed by atoms with Crippen LogP contribution in [-0.4, -0.2) is 14.7 Å². The number of aromatic hydroxyl groups is 1. The number of benzene rings is 2. The van der Waals surface area contributed by atoms with Crippen molar-refractivity contribution in [3.05, 3.63) is 74.9 Å². The van der Waals surface area contributed by atoms with Crippen molar-refractivity contribution in [1.29, 1.82) is 0 Å². The van der Waals surface area contributed by atoms with Crippen LogP contribution in [0.5, 0.6) is 5.75 Å². The molecule has 0 unspecified atom stereocenters. The molecule has 1 aliphatic rings. The van der Waals surface area contributed by atoms with Gasteiger partial charge in [-0.05, 0) is 42.7 Å². The third kappa shape index (κ3) is 3.39. The van der Waals surface area contributed by atoms with Crippen LogP contribution in [0.2, 0.25) is 0 Å². The molecule has 5 rings (SSSR count). The Kier molecular flexibility index (Phi) is 4.83. The molecule has 0 spiro atoms. The number of rotatable bonds is 4. The van der Waals surface area contributed by atoms with Gasteiger partial charge in [-0.1, -0.05) is 36.7 Å². The molecule has 30 heavy (non-hydrogen) atoms. The summed E-state index contributed by atoms with van der Waals surface area (Å²) in [6.45, 7) is 0. The van der Waals surface area contributed by atoms with Crippen LogP contribution in [0.1, 0.15) is 37.3 Å². The fraction of sp³-hybridized carbons (Fsp3) is 0.261. The van der Waals surface area contributed by atoms with Gasteiger partial charge in [0.1, 0.15) is 11.3 Å². The predicted octanol–water partition coefficient (Wildman–Crippen LogP) is 4.62. The summed E-state index contributed by atoms with van der Waals surface area (Å²) in [5.74, 6) is 0.506. The van der Waals surface area contributed by atoms with E-state index in [-0.39, 0.29) is 17.4 Å². The average Bonchev–Trinajstić information content (AvgIpc) is 3.26. The van der Waals surface area contributed by atoms with E-state index in [2.05, 4.69) is 0 Å². The highest BCUT2D eigenvalue weighted by Gasteiger charge is 2.23. The average molecular weight is 420 g/mol. The Labute approximate surface area is 176 Å². The highest BCUT2D eigenvalue weighted by molar-refractivity contribution is 7.98. The van der Waals surface area contributed by atoms with E-state index in [1.165, 1.54) is 23.9 Å². The van der Waals surface area contributed by atoms with E-state index in [4.69, 9.17) is 9.40 Å². The molecular weight excluding hydrogens is 400 g/mol. The Morgan fingerprint density at radius 2 is 1.87 bits per heavy atom. The van der Waals surface area contributed by atoms with Crippen molar-refractivity contribution < 1.29 is 9.52 Å². The predicted molar refractivity (Wildman–Crippen MR) is 117 cm³/mol. The van der Waals surface area contributed by atoms with Crippen molar-refractivity contribution >= 4 is 33.6 Å². The van der Waals surface area contributed by atoms with Gasteiger partial charge >= 0.3 is 5.63 Å². The first-order chi connectivity index (χ1) is 14.6. The zero-order chi connectivity index (χ0) is 20.7. The van der Waals surface area contributed by atoms with Crippen LogP contribution in [0, 0.1) is 0 Å². The van der Waals surface area contributed by atoms with Crippen LogP contribution in [-0.2, 0) is 5.75 Å². The lowest BCUT2D eigenvalue weighted by molar-refractivity contribution is 0.457. The minimum Gasteiger partial charge on any atom is -0.508 e. The number of fused-ring (bicyclic) bond motifs is 2. The molecule has 1 saturated carbocycles. The first-order valence-corrected chi connectivity index (χ1v) is 11.0. The van der Waals surface area contributed by atoms with Gasteiger partial charge in [0, 0.05) is 29.3 Å². The molecular formula is C23H20N2O4S. The Morgan fingerprint density at radius 3 is 2.70 bits per heavy atom. The Morgan fingerprint density at radius 1 is 1.07 bits per heavy atom. The largest absolute Gasteiger partial charge is 0.508 e. The van der Waals surface area contributed by atoms with Crippen LogP contribution in [0.15, 0.2) is 67.7 Å². The lowest BCUT2D eigenvalue weighted by Gasteiger charge is -2.18. The summed E-state index contributed by atoms with van der Waals surface area (Å²) in [4.78, 5) is 30.1. The molecule has 6 nitrogen and oxygen atoms in total. The zero-order valence-electron chi connectivity index (χ0n) is 16.2. The number of phenolic OH excluding ortho intramolecular Hbond substituents is 1. The standard InChI is InChI=1S/C23H20N2O4S/c26-16-9-10-17-14(11-21(27)29-20(17)12-16)13-30-23-24-19-8-4-3-7-18(19)22(28)25(23)15-5-1-2-6-15/h3-4,7-12,15,26H,1-2,5-6,13H2. The molecule has 152 valence electrons. The van der Waals surface area contributed by atoms with Crippen LogP contribution < -0.4 is 11.2 Å². The molecule has 7 heteroatoms. The van der Waals surface area contributed by atoms with Gasteiger partial charge in [-0.2, -0.15) is 0 Å². The normalized spacial score (nSPS) is 14.7. The van der Waals surface area contributed by atoms with E-state index in [1.807, 2.05) is 28.8 Å². The lowest BCUT2D eigenvalue weighted by Crippen LogP contribution is -2.26. The second-order valence-electron chi connectivity index (χ2n) is 7.58. The molecule has 2 aromatic carbocycles. The smallest absolute Gasteiger partial charge is 0.336 e. The van der Waals surface area contributed by atoms with Crippen molar-refractivity contribution in [1.82, 2.24) is 9.55 Å². The van der Waals surface area contributed by atoms with E-state index in [9.17, 15) is 14.7 Å². The van der Waals surface area contributed by atoms with E-state index in [0.29, 0.717) is 27.4 Å². The second-order valence-corrected chi connectivity index (χ2v) is 8.53. The molecule has 0 bridgehead atoms. The molecule has 0 radical (unpaired) electrons. The van der Waals surface area contributed by atoms with Crippen LogP contribution >= 0.6 is 11.8 Å². The summed E-state index contributed by atoms with van der Waals surface area (Å²) in [7, 11) is 0. The monoisotopic (exact) mass is 420 g/mol. The molecule has 2 aromatic heterocycles. The summed E-state index contributed by atoms with van der Waals surface area (Å²) in [6, 6.07) is 13.8. The zero-order valence-corrected chi connectivity index (χ0v) is 17.0. The van der Waals surface area contributed by atoms with Crippen LogP contribution in [0.4, 0.5) is 0 Å². The quantitative estimate of drug-likeness (QED) is 0.295. The highest BCUT2D eigenvalue weighted by atomic mass is 32.2. The molecule has 2 heterocycles. The number of hydrogen-bond donors (Lipinski definition) is 1. The van der Waals surface area contributed by atoms with Crippen molar-refractivity contribution in [2.24, 2.45) is 0 Å². The van der Waals surface area contributed by atoms with Gasteiger partial charge in [0.15, 0.2) is 5.16 Å². The van der Waals surface area contributed by atoms with Crippen molar-refractivity contribution in [2.75, 3.05) is 0 Å². The van der Waals surface area contributed by atoms with Crippen molar-refractivity contribution in [3.63, 3.8) is 0 Å². The van der Waals surface area contributed by atoms with Gasteiger partial charge in [-0.3, -0.25) is 9.36 Å². The SMILES string of the molecule is O=c1cc(CSc2nc3ccccc3c(=O)n2C2CCCC2)c2ccc(O)cc2o1. The molecule has 4 aromatic rings. The molecule has 0 saturated heterocycles. The summed E-state index contributed by atoms with van der Waals surface area (Å²) >= 11 is 1.45. The van der Waals surface area contributed by atoms with Gasteiger partial charge in [0.25, 0.3) is 5.56 Å². The summed E-state index contributed by atoms with van der Waals surface area (Å²) in [5, 5.41) is 11.8. The fourth-order valence-electron chi connectivity index (χ4n) is 4.19. The fourth-order valence-corrected chi connectivity index (χ4v) is 5.25. The van der Waals surface area contributed by atoms with Gasteiger partial charge in [-0.15, -0.1) is 0 Å². The maximum absolute atomic E-state index is 13.3. The number of hydrogen-bond acceptors (Lipinski definition) is 6. The Hall–Kier alpha value is -3.06. The number of thioether (sulfide) groups is 1. The highest BCUT2D eigenvalue weighted by Crippen LogP contribution is 2.34. The first kappa shape index (κ1) is 18.9. The molecule has 1 aliphatic carbocycles. The molecule has 1 N–H and O–H groups in total. The number of phenols is 1. The molecule has 0 amide bonds. The third-order valence-electron chi connectivity index (χ3n) is 5.64. The van der Waals surface area contributed by atoms with Crippen molar-refractivity contribution in [2.45, 2.75) is 42.6 Å². The summed E-state index contributed by atoms with van der Waals surface area (Å²) in [6.07, 6.45) is 4.18. The topological polar surface area (TPSA) is 85.3 Å². The van der Waals surface area contributed by atoms with E-state index < -0.39 is 5.63 Å². The lowest BCUT2D eigenvalue weighted by atomic mass is 10.1. The first-order valence-electron chi connectivity index (χ1n) is 10.00. The van der Waals surface area contributed by atoms with E-state index >= 15 is 0 Å². The third-order valence-corrected chi connectivity index (χ3v) is 6.64. The molecule has 0 atom stereocenters. The summed E-state index contributed by atoms with van der Waals surface area (Å²) < 4.78 is 7.07. The Bertz CT molecular complexity index is 1370. The van der Waals surface area contributed by atoms with E-state index in [0.717, 1.165) is 36.6 Å². The van der Waals surface area contributed by atoms with Gasteiger partial charge < -0.3 is 9.52 Å². The van der Waals surface area contributed by atoms with Gasteiger partial charge in [-0.25, -0.2) is 9.78 Å². The number of nitrogens with zero attached hydrogens (tertiary/aromatic N) is 2. The molecule has 1 fully saturated rings. The molecule has 0 aliphatic heterocycles. The van der Waals surface area contributed by atoms with Crippen LogP contribution in [0.25, 0.3) is 21.9 Å². The minimum absolute atomic E-state index is 0.00245. The van der Waals surface area contributed by atoms with E-state index in [1.54, 1.807) is 12.1 Å². The minimum atomic E-state index is -0.469. The maximum atomic E-state index is 13.3. The van der Waals surface area contributed by atoms with Crippen molar-refractivity contribution in [3.8, 4) is 5.75 Å². The second kappa shape index (κ2) is 7.65. The maximum Gasteiger partial charge on any atom is 0.336 e. The Balaban J connectivity index is 1.59. The number of para-hydroxylation sites is 1. The summed E-state index contributed by atoms with van der Waals surface area (Å²) in [5.41, 5.74) is 1.34. The van der Waals surface area contributed by atoms with Gasteiger partial charge in [0.2, 0.25) is 0 Å². The van der Waals surface area contributed by atoms with Gasteiger partial charge in [0.05, 0.1) is 10.9 Å².